The van der Waals surface area contributed by atoms with Gasteiger partial charge in [-0.25, -0.2) is 4.79 Å². The molecule has 1 aromatic carbocycles. The lowest BCUT2D eigenvalue weighted by molar-refractivity contribution is 0.0525. The lowest BCUT2D eigenvalue weighted by atomic mass is 9.90. The van der Waals surface area contributed by atoms with Gasteiger partial charge in [0.25, 0.3) is 0 Å². The summed E-state index contributed by atoms with van der Waals surface area (Å²) in [7, 11) is 3.15. The second-order valence-corrected chi connectivity index (χ2v) is 5.70. The van der Waals surface area contributed by atoms with Crippen LogP contribution in [0.2, 0.25) is 0 Å². The van der Waals surface area contributed by atoms with E-state index in [0.717, 1.165) is 17.0 Å². The average molecular weight is 354 g/mol. The van der Waals surface area contributed by atoms with E-state index in [1.54, 1.807) is 33.3 Å². The van der Waals surface area contributed by atoms with E-state index >= 15 is 0 Å². The van der Waals surface area contributed by atoms with Crippen molar-refractivity contribution in [2.24, 2.45) is 0 Å². The van der Waals surface area contributed by atoms with Gasteiger partial charge in [-0.05, 0) is 43.3 Å². The van der Waals surface area contributed by atoms with Gasteiger partial charge in [0.2, 0.25) is 0 Å². The van der Waals surface area contributed by atoms with Crippen LogP contribution in [0.4, 0.5) is 0 Å². The number of carbonyl (C=O) groups is 1. The van der Waals surface area contributed by atoms with Crippen LogP contribution in [0.15, 0.2) is 48.8 Å². The van der Waals surface area contributed by atoms with Crippen LogP contribution in [0.3, 0.4) is 0 Å². The molecule has 0 spiro atoms. The summed E-state index contributed by atoms with van der Waals surface area (Å²) in [4.78, 5) is 18.7. The van der Waals surface area contributed by atoms with Crippen molar-refractivity contribution < 1.29 is 19.0 Å². The molecule has 0 aliphatic heterocycles. The topological polar surface area (TPSA) is 76.3 Å². The molecule has 0 amide bonds. The first-order valence-corrected chi connectivity index (χ1v) is 8.39. The van der Waals surface area contributed by atoms with Crippen LogP contribution in [0.25, 0.3) is 0 Å². The lowest BCUT2D eigenvalue weighted by Gasteiger charge is -2.22. The minimum absolute atomic E-state index is 0.166. The Morgan fingerprint density at radius 1 is 1.00 bits per heavy atom. The number of aromatic amines is 2. The number of hydrogen-bond donors (Lipinski definition) is 2. The van der Waals surface area contributed by atoms with Gasteiger partial charge in [-0.3, -0.25) is 0 Å². The second kappa shape index (κ2) is 7.82. The minimum Gasteiger partial charge on any atom is -0.496 e. The van der Waals surface area contributed by atoms with Gasteiger partial charge in [0, 0.05) is 23.8 Å². The SMILES string of the molecule is CCOC(=O)c1cc(OC)c(C(c2ccc[nH]2)c2ccc[nH]2)c(OC)c1. The Hall–Kier alpha value is -3.15. The van der Waals surface area contributed by atoms with E-state index in [2.05, 4.69) is 9.97 Å². The molecular weight excluding hydrogens is 332 g/mol. The summed E-state index contributed by atoms with van der Waals surface area (Å²) in [5, 5.41) is 0. The maximum absolute atomic E-state index is 12.2. The van der Waals surface area contributed by atoms with E-state index in [0.29, 0.717) is 23.7 Å². The molecule has 26 heavy (non-hydrogen) atoms. The van der Waals surface area contributed by atoms with Gasteiger partial charge in [0.1, 0.15) is 11.5 Å². The van der Waals surface area contributed by atoms with E-state index < -0.39 is 5.97 Å². The smallest absolute Gasteiger partial charge is 0.338 e. The first-order valence-electron chi connectivity index (χ1n) is 8.39. The summed E-state index contributed by atoms with van der Waals surface area (Å²) in [5.74, 6) is 0.538. The fourth-order valence-corrected chi connectivity index (χ4v) is 3.08. The fourth-order valence-electron chi connectivity index (χ4n) is 3.08. The van der Waals surface area contributed by atoms with Crippen LogP contribution in [0, 0.1) is 0 Å². The number of ether oxygens (including phenoxy) is 3. The van der Waals surface area contributed by atoms with E-state index in [1.807, 2.05) is 36.7 Å². The van der Waals surface area contributed by atoms with Crippen molar-refractivity contribution in [3.05, 3.63) is 71.3 Å². The lowest BCUT2D eigenvalue weighted by Crippen LogP contribution is -2.11. The van der Waals surface area contributed by atoms with Crippen LogP contribution >= 0.6 is 0 Å². The molecule has 6 heteroatoms. The van der Waals surface area contributed by atoms with Crippen LogP contribution < -0.4 is 9.47 Å². The third-order valence-corrected chi connectivity index (χ3v) is 4.21. The zero-order valence-corrected chi connectivity index (χ0v) is 15.0. The van der Waals surface area contributed by atoms with E-state index in [9.17, 15) is 4.79 Å². The highest BCUT2D eigenvalue weighted by atomic mass is 16.5. The monoisotopic (exact) mass is 354 g/mol. The van der Waals surface area contributed by atoms with Crippen LogP contribution in [0.1, 0.15) is 40.2 Å². The van der Waals surface area contributed by atoms with Gasteiger partial charge in [0.05, 0.1) is 37.9 Å². The number of rotatable bonds is 7. The third kappa shape index (κ3) is 3.31. The molecule has 0 aliphatic rings. The molecule has 3 rings (SSSR count). The largest absolute Gasteiger partial charge is 0.496 e. The van der Waals surface area contributed by atoms with Gasteiger partial charge in [0.15, 0.2) is 0 Å². The maximum Gasteiger partial charge on any atom is 0.338 e. The molecule has 2 N–H and O–H groups in total. The standard InChI is InChI=1S/C20H22N2O4/c1-4-26-20(23)13-11-16(24-2)19(17(12-13)25-3)18(14-7-5-9-21-14)15-8-6-10-22-15/h5-12,18,21-22H,4H2,1-3H3. The Labute approximate surface area is 152 Å². The number of hydrogen-bond acceptors (Lipinski definition) is 4. The number of benzene rings is 1. The molecule has 0 saturated heterocycles. The van der Waals surface area contributed by atoms with Gasteiger partial charge in [-0.15, -0.1) is 0 Å². The molecule has 0 aliphatic carbocycles. The molecule has 2 heterocycles. The van der Waals surface area contributed by atoms with Crippen molar-refractivity contribution in [2.45, 2.75) is 12.8 Å². The number of nitrogens with one attached hydrogen (secondary N) is 2. The van der Waals surface area contributed by atoms with Crippen LogP contribution in [-0.4, -0.2) is 36.8 Å². The first kappa shape index (κ1) is 17.7. The molecule has 3 aromatic rings. The molecule has 0 radical (unpaired) electrons. The summed E-state index contributed by atoms with van der Waals surface area (Å²) in [6.07, 6.45) is 3.74. The Bertz CT molecular complexity index is 795. The quantitative estimate of drug-likeness (QED) is 0.634. The summed E-state index contributed by atoms with van der Waals surface area (Å²) in [6.45, 7) is 2.08. The summed E-state index contributed by atoms with van der Waals surface area (Å²) >= 11 is 0. The molecule has 0 fully saturated rings. The molecule has 2 aromatic heterocycles. The number of carbonyl (C=O) groups excluding carboxylic acids is 1. The molecule has 0 saturated carbocycles. The molecule has 0 unspecified atom stereocenters. The van der Waals surface area contributed by atoms with Crippen molar-refractivity contribution >= 4 is 5.97 Å². The third-order valence-electron chi connectivity index (χ3n) is 4.21. The average Bonchev–Trinajstić information content (AvgIpc) is 3.36. The number of aromatic nitrogens is 2. The zero-order valence-electron chi connectivity index (χ0n) is 15.0. The highest BCUT2D eigenvalue weighted by Crippen LogP contribution is 2.42. The number of esters is 1. The van der Waals surface area contributed by atoms with Crippen molar-refractivity contribution in [1.29, 1.82) is 0 Å². The summed E-state index contributed by atoms with van der Waals surface area (Å²) < 4.78 is 16.3. The predicted molar refractivity (Wildman–Crippen MR) is 98.0 cm³/mol. The molecule has 6 nitrogen and oxygen atoms in total. The molecule has 0 bridgehead atoms. The minimum atomic E-state index is -0.410. The maximum atomic E-state index is 12.2. The van der Waals surface area contributed by atoms with E-state index in [1.165, 1.54) is 0 Å². The van der Waals surface area contributed by atoms with Crippen molar-refractivity contribution in [3.8, 4) is 11.5 Å². The summed E-state index contributed by atoms with van der Waals surface area (Å²) in [6, 6.07) is 11.3. The predicted octanol–water partition coefficient (Wildman–Crippen LogP) is 3.72. The Morgan fingerprint density at radius 2 is 1.54 bits per heavy atom. The highest BCUT2D eigenvalue weighted by Gasteiger charge is 2.28. The van der Waals surface area contributed by atoms with Gasteiger partial charge in [-0.2, -0.15) is 0 Å². The van der Waals surface area contributed by atoms with Gasteiger partial charge in [-0.1, -0.05) is 0 Å². The van der Waals surface area contributed by atoms with E-state index in [-0.39, 0.29) is 5.92 Å². The second-order valence-electron chi connectivity index (χ2n) is 5.70. The summed E-state index contributed by atoms with van der Waals surface area (Å²) in [5.41, 5.74) is 3.18. The Kier molecular flexibility index (Phi) is 5.31. The van der Waals surface area contributed by atoms with Crippen molar-refractivity contribution in [3.63, 3.8) is 0 Å². The molecule has 0 atom stereocenters. The van der Waals surface area contributed by atoms with Gasteiger partial charge < -0.3 is 24.2 Å². The van der Waals surface area contributed by atoms with E-state index in [4.69, 9.17) is 14.2 Å². The molecular formula is C20H22N2O4. The van der Waals surface area contributed by atoms with Gasteiger partial charge >= 0.3 is 5.97 Å². The number of H-pyrrole nitrogens is 2. The van der Waals surface area contributed by atoms with Crippen molar-refractivity contribution in [2.75, 3.05) is 20.8 Å². The fraction of sp³-hybridized carbons (Fsp3) is 0.250. The number of methoxy groups -OCH3 is 2. The normalized spacial score (nSPS) is 10.8. The van der Waals surface area contributed by atoms with Crippen LogP contribution in [-0.2, 0) is 4.74 Å². The van der Waals surface area contributed by atoms with Crippen LogP contribution in [0.5, 0.6) is 11.5 Å². The molecule has 136 valence electrons. The highest BCUT2D eigenvalue weighted by molar-refractivity contribution is 5.91. The first-order chi connectivity index (χ1) is 12.7. The van der Waals surface area contributed by atoms with Crippen molar-refractivity contribution in [1.82, 2.24) is 9.97 Å². The Morgan fingerprint density at radius 3 is 1.92 bits per heavy atom. The Balaban J connectivity index is 2.19. The zero-order chi connectivity index (χ0) is 18.5.